The van der Waals surface area contributed by atoms with Crippen molar-refractivity contribution < 1.29 is 14.3 Å². The Bertz CT molecular complexity index is 517. The van der Waals surface area contributed by atoms with E-state index in [9.17, 15) is 9.59 Å². The minimum Gasteiger partial charge on any atom is -0.383 e. The van der Waals surface area contributed by atoms with Crippen molar-refractivity contribution in [2.24, 2.45) is 0 Å². The molecule has 7 heteroatoms. The van der Waals surface area contributed by atoms with Crippen molar-refractivity contribution in [2.45, 2.75) is 13.5 Å². The Balaban J connectivity index is 2.01. The Morgan fingerprint density at radius 2 is 2.10 bits per heavy atom. The molecule has 0 radical (unpaired) electrons. The molecule has 21 heavy (non-hydrogen) atoms. The lowest BCUT2D eigenvalue weighted by Crippen LogP contribution is -2.52. The number of aryl methyl sites for hydroxylation is 1. The van der Waals surface area contributed by atoms with E-state index in [4.69, 9.17) is 4.74 Å². The molecular weight excluding hydrogens is 272 g/mol. The molecule has 114 valence electrons. The largest absolute Gasteiger partial charge is 0.383 e. The number of hydrogen-bond acceptors (Lipinski definition) is 6. The number of hydrogen-bond donors (Lipinski definition) is 2. The van der Waals surface area contributed by atoms with Crippen molar-refractivity contribution in [1.29, 1.82) is 0 Å². The highest BCUT2D eigenvalue weighted by molar-refractivity contribution is 6.02. The van der Waals surface area contributed by atoms with Crippen LogP contribution in [0.1, 0.15) is 11.1 Å². The Labute approximate surface area is 123 Å². The summed E-state index contributed by atoms with van der Waals surface area (Å²) in [5.41, 5.74) is 2.00. The Morgan fingerprint density at radius 3 is 2.71 bits per heavy atom. The SMILES string of the molecule is COCCNCc1cnc(N2CC(=O)NC(=O)C2)c(C)c1. The average molecular weight is 292 g/mol. The Kier molecular flexibility index (Phi) is 5.24. The van der Waals surface area contributed by atoms with Crippen LogP contribution in [-0.4, -0.2) is 50.1 Å². The molecule has 2 amide bonds. The highest BCUT2D eigenvalue weighted by atomic mass is 16.5. The van der Waals surface area contributed by atoms with Gasteiger partial charge in [0.15, 0.2) is 0 Å². The summed E-state index contributed by atoms with van der Waals surface area (Å²) in [6.07, 6.45) is 1.76. The number of nitrogens with one attached hydrogen (secondary N) is 2. The predicted octanol–water partition coefficient (Wildman–Crippen LogP) is -0.411. The molecule has 2 N–H and O–H groups in total. The summed E-state index contributed by atoms with van der Waals surface area (Å²) in [4.78, 5) is 28.9. The first-order valence-corrected chi connectivity index (χ1v) is 6.83. The molecule has 0 saturated carbocycles. The molecule has 1 aliphatic rings. The fourth-order valence-electron chi connectivity index (χ4n) is 2.25. The van der Waals surface area contributed by atoms with Crippen LogP contribution in [-0.2, 0) is 20.9 Å². The van der Waals surface area contributed by atoms with E-state index in [0.29, 0.717) is 19.0 Å². The number of amides is 2. The van der Waals surface area contributed by atoms with Gasteiger partial charge in [-0.15, -0.1) is 0 Å². The molecule has 2 rings (SSSR count). The Hall–Kier alpha value is -1.99. The van der Waals surface area contributed by atoms with Crippen LogP contribution in [0, 0.1) is 6.92 Å². The smallest absolute Gasteiger partial charge is 0.246 e. The number of rotatable bonds is 6. The number of methoxy groups -OCH3 is 1. The van der Waals surface area contributed by atoms with E-state index in [1.807, 2.05) is 13.0 Å². The molecule has 1 fully saturated rings. The zero-order valence-electron chi connectivity index (χ0n) is 12.3. The molecule has 0 atom stereocenters. The fourth-order valence-corrected chi connectivity index (χ4v) is 2.25. The molecule has 2 heterocycles. The zero-order chi connectivity index (χ0) is 15.2. The minimum absolute atomic E-state index is 0.158. The van der Waals surface area contributed by atoms with Gasteiger partial charge in [-0.05, 0) is 24.1 Å². The third-order valence-electron chi connectivity index (χ3n) is 3.17. The van der Waals surface area contributed by atoms with Gasteiger partial charge in [-0.25, -0.2) is 4.98 Å². The van der Waals surface area contributed by atoms with E-state index < -0.39 is 0 Å². The number of pyridine rings is 1. The number of piperazine rings is 1. The quantitative estimate of drug-likeness (QED) is 0.548. The van der Waals surface area contributed by atoms with Gasteiger partial charge < -0.3 is 15.0 Å². The number of carbonyl (C=O) groups is 2. The zero-order valence-corrected chi connectivity index (χ0v) is 12.3. The highest BCUT2D eigenvalue weighted by Crippen LogP contribution is 2.18. The second-order valence-corrected chi connectivity index (χ2v) is 4.98. The average Bonchev–Trinajstić information content (AvgIpc) is 2.42. The molecular formula is C14H20N4O3. The van der Waals surface area contributed by atoms with E-state index in [1.54, 1.807) is 18.2 Å². The summed E-state index contributed by atoms with van der Waals surface area (Å²) in [6.45, 7) is 4.39. The van der Waals surface area contributed by atoms with Gasteiger partial charge in [-0.3, -0.25) is 14.9 Å². The standard InChI is InChI=1S/C14H20N4O3/c1-10-5-11(6-15-3-4-21-2)7-16-14(10)18-8-12(19)17-13(20)9-18/h5,7,15H,3-4,6,8-9H2,1-2H3,(H,17,19,20). The lowest BCUT2D eigenvalue weighted by molar-refractivity contribution is -0.130. The van der Waals surface area contributed by atoms with Gasteiger partial charge in [-0.1, -0.05) is 0 Å². The van der Waals surface area contributed by atoms with Crippen LogP contribution in [0.25, 0.3) is 0 Å². The molecule has 0 aromatic carbocycles. The van der Waals surface area contributed by atoms with Gasteiger partial charge in [0.1, 0.15) is 5.82 Å². The number of nitrogens with zero attached hydrogens (tertiary/aromatic N) is 2. The van der Waals surface area contributed by atoms with Gasteiger partial charge in [0, 0.05) is 26.4 Å². The van der Waals surface area contributed by atoms with E-state index in [2.05, 4.69) is 15.6 Å². The molecule has 1 aromatic heterocycles. The van der Waals surface area contributed by atoms with Crippen LogP contribution in [0.15, 0.2) is 12.3 Å². The van der Waals surface area contributed by atoms with Gasteiger partial charge >= 0.3 is 0 Å². The topological polar surface area (TPSA) is 83.6 Å². The monoisotopic (exact) mass is 292 g/mol. The first kappa shape index (κ1) is 15.4. The summed E-state index contributed by atoms with van der Waals surface area (Å²) >= 11 is 0. The molecule has 1 aromatic rings. The number of anilines is 1. The van der Waals surface area contributed by atoms with Gasteiger partial charge in [0.2, 0.25) is 11.8 Å². The molecule has 0 aliphatic carbocycles. The van der Waals surface area contributed by atoms with Crippen molar-refractivity contribution in [2.75, 3.05) is 38.3 Å². The van der Waals surface area contributed by atoms with Crippen molar-refractivity contribution in [3.63, 3.8) is 0 Å². The van der Waals surface area contributed by atoms with Crippen molar-refractivity contribution in [3.05, 3.63) is 23.4 Å². The first-order chi connectivity index (χ1) is 10.1. The van der Waals surface area contributed by atoms with Crippen LogP contribution in [0.2, 0.25) is 0 Å². The molecule has 7 nitrogen and oxygen atoms in total. The van der Waals surface area contributed by atoms with Gasteiger partial charge in [-0.2, -0.15) is 0 Å². The summed E-state index contributed by atoms with van der Waals surface area (Å²) in [6, 6.07) is 2.01. The Morgan fingerprint density at radius 1 is 1.38 bits per heavy atom. The van der Waals surface area contributed by atoms with Crippen LogP contribution in [0.3, 0.4) is 0 Å². The fraction of sp³-hybridized carbons (Fsp3) is 0.500. The summed E-state index contributed by atoms with van der Waals surface area (Å²) in [5.74, 6) is 0.0920. The van der Waals surface area contributed by atoms with Crippen LogP contribution in [0.4, 0.5) is 5.82 Å². The number of ether oxygens (including phenoxy) is 1. The molecule has 1 aliphatic heterocycles. The summed E-state index contributed by atoms with van der Waals surface area (Å²) in [7, 11) is 1.66. The number of imide groups is 1. The normalized spacial score (nSPS) is 15.2. The first-order valence-electron chi connectivity index (χ1n) is 6.83. The van der Waals surface area contributed by atoms with E-state index in [-0.39, 0.29) is 24.9 Å². The number of aromatic nitrogens is 1. The summed E-state index contributed by atoms with van der Waals surface area (Å²) < 4.78 is 4.97. The molecule has 1 saturated heterocycles. The van der Waals surface area contributed by atoms with Crippen molar-refractivity contribution in [3.8, 4) is 0 Å². The predicted molar refractivity (Wildman–Crippen MR) is 77.9 cm³/mol. The maximum atomic E-state index is 11.4. The maximum Gasteiger partial charge on any atom is 0.246 e. The van der Waals surface area contributed by atoms with E-state index in [1.165, 1.54) is 0 Å². The van der Waals surface area contributed by atoms with Gasteiger partial charge in [0.25, 0.3) is 0 Å². The van der Waals surface area contributed by atoms with Crippen molar-refractivity contribution >= 4 is 17.6 Å². The molecule has 0 unspecified atom stereocenters. The van der Waals surface area contributed by atoms with Crippen LogP contribution < -0.4 is 15.5 Å². The second kappa shape index (κ2) is 7.14. The summed E-state index contributed by atoms with van der Waals surface area (Å²) in [5, 5.41) is 5.53. The third-order valence-corrected chi connectivity index (χ3v) is 3.17. The molecule has 0 bridgehead atoms. The maximum absolute atomic E-state index is 11.4. The van der Waals surface area contributed by atoms with Crippen molar-refractivity contribution in [1.82, 2.24) is 15.6 Å². The van der Waals surface area contributed by atoms with Gasteiger partial charge in [0.05, 0.1) is 19.7 Å². The lowest BCUT2D eigenvalue weighted by Gasteiger charge is -2.27. The van der Waals surface area contributed by atoms with Crippen LogP contribution in [0.5, 0.6) is 0 Å². The molecule has 0 spiro atoms. The number of carbonyl (C=O) groups excluding carboxylic acids is 2. The van der Waals surface area contributed by atoms with Crippen LogP contribution >= 0.6 is 0 Å². The lowest BCUT2D eigenvalue weighted by atomic mass is 10.2. The van der Waals surface area contributed by atoms with E-state index in [0.717, 1.165) is 17.7 Å². The highest BCUT2D eigenvalue weighted by Gasteiger charge is 2.24. The van der Waals surface area contributed by atoms with E-state index >= 15 is 0 Å². The third kappa shape index (κ3) is 4.24. The second-order valence-electron chi connectivity index (χ2n) is 4.98. The minimum atomic E-state index is -0.294.